The molecule has 22 heavy (non-hydrogen) atoms. The highest BCUT2D eigenvalue weighted by Crippen LogP contribution is 2.36. The molecule has 3 atom stereocenters. The summed E-state index contributed by atoms with van der Waals surface area (Å²) in [5.74, 6) is 1.17. The molecule has 138 valence electrons. The number of rotatable bonds is 6. The van der Waals surface area contributed by atoms with E-state index in [4.69, 9.17) is 9.47 Å². The molecule has 2 N–H and O–H groups in total. The monoisotopic (exact) mass is 339 g/mol. The van der Waals surface area contributed by atoms with E-state index in [9.17, 15) is 4.21 Å². The van der Waals surface area contributed by atoms with E-state index in [0.29, 0.717) is 24.9 Å². The Hall–Kier alpha value is 0.0300. The van der Waals surface area contributed by atoms with Crippen molar-refractivity contribution in [2.45, 2.75) is 65.9 Å². The summed E-state index contributed by atoms with van der Waals surface area (Å²) in [6, 6.07) is 0. The van der Waals surface area contributed by atoms with Gasteiger partial charge in [0.2, 0.25) is 0 Å². The second-order valence-electron chi connectivity index (χ2n) is 4.75. The summed E-state index contributed by atoms with van der Waals surface area (Å²) in [6.45, 7) is 11.5. The summed E-state index contributed by atoms with van der Waals surface area (Å²) in [4.78, 5) is 0. The van der Waals surface area contributed by atoms with Crippen LogP contribution >= 0.6 is 0 Å². The van der Waals surface area contributed by atoms with Crippen LogP contribution in [0.25, 0.3) is 0 Å². The molecule has 0 aromatic heterocycles. The fourth-order valence-corrected chi connectivity index (χ4v) is 2.73. The molecule has 0 aromatic rings. The number of hydrogen-bond donors (Lipinski definition) is 1. The number of methoxy groups -OCH3 is 1. The SMILES string of the molecule is CC.CC.CN.COC1(COCCS(C)=O)CCCCC1C. The number of nitrogens with two attached hydrogens (primary N) is 1. The zero-order valence-electron chi connectivity index (χ0n) is 16.2. The molecule has 0 saturated heterocycles. The van der Waals surface area contributed by atoms with Crippen LogP contribution < -0.4 is 5.73 Å². The Morgan fingerprint density at radius 2 is 1.73 bits per heavy atom. The topological polar surface area (TPSA) is 61.6 Å². The van der Waals surface area contributed by atoms with Gasteiger partial charge in [-0.2, -0.15) is 0 Å². The van der Waals surface area contributed by atoms with Gasteiger partial charge in [-0.25, -0.2) is 0 Å². The minimum atomic E-state index is -0.762. The molecule has 3 unspecified atom stereocenters. The normalized spacial score (nSPS) is 24.5. The Morgan fingerprint density at radius 3 is 2.14 bits per heavy atom. The van der Waals surface area contributed by atoms with Gasteiger partial charge in [-0.05, 0) is 25.8 Å². The van der Waals surface area contributed by atoms with Gasteiger partial charge in [-0.3, -0.25) is 4.21 Å². The highest BCUT2D eigenvalue weighted by atomic mass is 32.2. The van der Waals surface area contributed by atoms with Crippen molar-refractivity contribution in [1.82, 2.24) is 0 Å². The minimum Gasteiger partial charge on any atom is -0.377 e. The third kappa shape index (κ3) is 11.6. The van der Waals surface area contributed by atoms with E-state index in [-0.39, 0.29) is 5.60 Å². The van der Waals surface area contributed by atoms with Gasteiger partial charge in [-0.15, -0.1) is 0 Å². The first-order valence-corrected chi connectivity index (χ1v) is 10.3. The van der Waals surface area contributed by atoms with Crippen LogP contribution in [0.4, 0.5) is 0 Å². The lowest BCUT2D eigenvalue weighted by Crippen LogP contribution is -2.45. The molecule has 0 bridgehead atoms. The van der Waals surface area contributed by atoms with Crippen LogP contribution in [-0.2, 0) is 20.3 Å². The maximum atomic E-state index is 10.9. The van der Waals surface area contributed by atoms with Gasteiger partial charge in [0.1, 0.15) is 0 Å². The van der Waals surface area contributed by atoms with Crippen molar-refractivity contribution in [3.05, 3.63) is 0 Å². The van der Waals surface area contributed by atoms with Gasteiger partial charge >= 0.3 is 0 Å². The van der Waals surface area contributed by atoms with E-state index < -0.39 is 10.8 Å². The van der Waals surface area contributed by atoms with E-state index in [1.807, 2.05) is 27.7 Å². The average molecular weight is 340 g/mol. The molecule has 5 heteroatoms. The number of hydrogen-bond acceptors (Lipinski definition) is 4. The van der Waals surface area contributed by atoms with Crippen molar-refractivity contribution in [2.24, 2.45) is 11.7 Å². The Labute approximate surface area is 142 Å². The van der Waals surface area contributed by atoms with E-state index in [2.05, 4.69) is 12.7 Å². The summed E-state index contributed by atoms with van der Waals surface area (Å²) < 4.78 is 22.2. The molecule has 1 fully saturated rings. The van der Waals surface area contributed by atoms with Gasteiger partial charge in [0.25, 0.3) is 0 Å². The number of ether oxygens (including phenoxy) is 2. The smallest absolute Gasteiger partial charge is 0.0936 e. The first-order chi connectivity index (χ1) is 10.6. The largest absolute Gasteiger partial charge is 0.377 e. The molecule has 1 saturated carbocycles. The van der Waals surface area contributed by atoms with Crippen LogP contribution in [-0.4, -0.2) is 49.2 Å². The molecule has 4 nitrogen and oxygen atoms in total. The first kappa shape index (κ1) is 26.9. The second kappa shape index (κ2) is 19.1. The molecule has 0 aliphatic heterocycles. The predicted molar refractivity (Wildman–Crippen MR) is 99.9 cm³/mol. The van der Waals surface area contributed by atoms with Crippen molar-refractivity contribution < 1.29 is 13.7 Å². The molecule has 1 aliphatic rings. The van der Waals surface area contributed by atoms with E-state index in [1.165, 1.54) is 26.3 Å². The van der Waals surface area contributed by atoms with Crippen LogP contribution in [0.15, 0.2) is 0 Å². The lowest BCUT2D eigenvalue weighted by molar-refractivity contribution is -0.123. The van der Waals surface area contributed by atoms with Crippen LogP contribution in [0.3, 0.4) is 0 Å². The van der Waals surface area contributed by atoms with Crippen molar-refractivity contribution >= 4 is 10.8 Å². The Morgan fingerprint density at radius 1 is 1.18 bits per heavy atom. The Bertz CT molecular complexity index is 240. The Kier molecular flexibility index (Phi) is 23.3. The molecule has 1 aliphatic carbocycles. The molecule has 0 heterocycles. The van der Waals surface area contributed by atoms with E-state index in [0.717, 1.165) is 6.42 Å². The average Bonchev–Trinajstić information content (AvgIpc) is 2.59. The van der Waals surface area contributed by atoms with Crippen LogP contribution in [0, 0.1) is 5.92 Å². The molecular weight excluding hydrogens is 298 g/mol. The maximum absolute atomic E-state index is 10.9. The third-order valence-electron chi connectivity index (χ3n) is 3.65. The molecule has 0 amide bonds. The minimum absolute atomic E-state index is 0.104. The highest BCUT2D eigenvalue weighted by molar-refractivity contribution is 7.84. The van der Waals surface area contributed by atoms with Crippen LogP contribution in [0.5, 0.6) is 0 Å². The zero-order valence-corrected chi connectivity index (χ0v) is 17.1. The van der Waals surface area contributed by atoms with Crippen molar-refractivity contribution in [1.29, 1.82) is 0 Å². The lowest BCUT2D eigenvalue weighted by atomic mass is 9.77. The fourth-order valence-electron chi connectivity index (χ4n) is 2.38. The molecule has 1 rings (SSSR count). The third-order valence-corrected chi connectivity index (χ3v) is 4.39. The first-order valence-electron chi connectivity index (χ1n) is 8.61. The van der Waals surface area contributed by atoms with Gasteiger partial charge < -0.3 is 15.2 Å². The van der Waals surface area contributed by atoms with E-state index in [1.54, 1.807) is 13.4 Å². The van der Waals surface area contributed by atoms with Gasteiger partial charge in [0, 0.05) is 29.9 Å². The predicted octanol–water partition coefficient (Wildman–Crippen LogP) is 3.60. The highest BCUT2D eigenvalue weighted by Gasteiger charge is 2.38. The summed E-state index contributed by atoms with van der Waals surface area (Å²) >= 11 is 0. The molecule has 0 radical (unpaired) electrons. The summed E-state index contributed by atoms with van der Waals surface area (Å²) in [7, 11) is 2.52. The summed E-state index contributed by atoms with van der Waals surface area (Å²) in [6.07, 6.45) is 6.53. The zero-order chi connectivity index (χ0) is 18.0. The van der Waals surface area contributed by atoms with Crippen LogP contribution in [0.2, 0.25) is 0 Å². The van der Waals surface area contributed by atoms with Crippen molar-refractivity contribution in [2.75, 3.05) is 39.4 Å². The second-order valence-corrected chi connectivity index (χ2v) is 6.30. The quantitative estimate of drug-likeness (QED) is 0.751. The van der Waals surface area contributed by atoms with Gasteiger partial charge in [-0.1, -0.05) is 47.5 Å². The molecular formula is C17H41NO3S. The van der Waals surface area contributed by atoms with Crippen molar-refractivity contribution in [3.8, 4) is 0 Å². The standard InChI is InChI=1S/C12H24O3S.2C2H6.CH5N/c1-11-6-4-5-7-12(11,14-2)10-15-8-9-16(3)13;3*1-2/h11H,4-10H2,1-3H3;2*1-2H3;2H2,1H3. The summed E-state index contributed by atoms with van der Waals surface area (Å²) in [5.41, 5.74) is 4.40. The fraction of sp³-hybridized carbons (Fsp3) is 1.00. The van der Waals surface area contributed by atoms with Crippen LogP contribution in [0.1, 0.15) is 60.3 Å². The molecule has 0 spiro atoms. The maximum Gasteiger partial charge on any atom is 0.0936 e. The Balaban J connectivity index is -0.000000535. The summed E-state index contributed by atoms with van der Waals surface area (Å²) in [5, 5.41) is 0. The van der Waals surface area contributed by atoms with Gasteiger partial charge in [0.15, 0.2) is 0 Å². The molecule has 0 aromatic carbocycles. The van der Waals surface area contributed by atoms with Crippen molar-refractivity contribution in [3.63, 3.8) is 0 Å². The van der Waals surface area contributed by atoms with E-state index >= 15 is 0 Å². The lowest BCUT2D eigenvalue weighted by Gasteiger charge is -2.41. The van der Waals surface area contributed by atoms with Gasteiger partial charge in [0.05, 0.1) is 18.8 Å².